The Morgan fingerprint density at radius 1 is 0.720 bits per heavy atom. The summed E-state index contributed by atoms with van der Waals surface area (Å²) in [7, 11) is -4.22. The molecule has 0 amide bonds. The van der Waals surface area contributed by atoms with Gasteiger partial charge in [-0.15, -0.1) is 0 Å². The number of aliphatic hydroxyl groups is 1. The average molecular weight is 387 g/mol. The van der Waals surface area contributed by atoms with Gasteiger partial charge in [-0.1, -0.05) is 78.1 Å². The third-order valence-corrected chi connectivity index (χ3v) is 6.03. The van der Waals surface area contributed by atoms with E-state index in [4.69, 9.17) is 0 Å². The third kappa shape index (κ3) is 18.0. The van der Waals surface area contributed by atoms with Gasteiger partial charge in [0, 0.05) is 5.25 Å². The van der Waals surface area contributed by atoms with Crippen molar-refractivity contribution in [1.29, 1.82) is 0 Å². The average Bonchev–Trinajstić information content (AvgIpc) is 2.52. The molecule has 0 radical (unpaired) electrons. The predicted molar refractivity (Wildman–Crippen MR) is 100 cm³/mol. The second-order valence-electron chi connectivity index (χ2n) is 7.11. The van der Waals surface area contributed by atoms with Crippen LogP contribution in [0.5, 0.6) is 0 Å². The molecule has 146 valence electrons. The van der Waals surface area contributed by atoms with Crippen LogP contribution in [0.3, 0.4) is 0 Å². The van der Waals surface area contributed by atoms with Crippen molar-refractivity contribution in [1.82, 2.24) is 0 Å². The zero-order valence-electron chi connectivity index (χ0n) is 16.8. The van der Waals surface area contributed by atoms with Crippen molar-refractivity contribution in [3.8, 4) is 0 Å². The smallest absolute Gasteiger partial charge is 0.748 e. The van der Waals surface area contributed by atoms with Gasteiger partial charge in [-0.05, 0) is 32.1 Å². The molecule has 2 unspecified atom stereocenters. The van der Waals surface area contributed by atoms with E-state index in [-0.39, 0.29) is 35.7 Å². The molecule has 0 aliphatic heterocycles. The first kappa shape index (κ1) is 28.1. The Bertz CT molecular complexity index is 374. The summed E-state index contributed by atoms with van der Waals surface area (Å²) in [6.45, 7) is 4.32. The molecule has 0 bridgehead atoms. The van der Waals surface area contributed by atoms with Crippen LogP contribution in [0, 0.1) is 0 Å². The summed E-state index contributed by atoms with van der Waals surface area (Å²) in [5, 5.41) is 9.17. The minimum absolute atomic E-state index is 0. The van der Waals surface area contributed by atoms with Crippen LogP contribution in [-0.2, 0) is 10.1 Å². The van der Waals surface area contributed by atoms with E-state index >= 15 is 0 Å². The molecule has 2 atom stereocenters. The molecule has 0 spiro atoms. The molecule has 0 saturated carbocycles. The molecule has 4 nitrogen and oxygen atoms in total. The van der Waals surface area contributed by atoms with Crippen molar-refractivity contribution in [3.63, 3.8) is 0 Å². The Kier molecular flexibility index (Phi) is 20.5. The summed E-state index contributed by atoms with van der Waals surface area (Å²) in [4.78, 5) is 0. The summed E-state index contributed by atoms with van der Waals surface area (Å²) in [6.07, 6.45) is 13.6. The number of aliphatic hydroxyl groups excluding tert-OH is 1. The Balaban J connectivity index is 0. The molecule has 0 aliphatic rings. The van der Waals surface area contributed by atoms with Crippen LogP contribution < -0.4 is 29.6 Å². The van der Waals surface area contributed by atoms with E-state index in [1.165, 1.54) is 32.1 Å². The molecule has 0 aliphatic carbocycles. The van der Waals surface area contributed by atoms with Gasteiger partial charge in [0.25, 0.3) is 0 Å². The number of hydrogen-bond acceptors (Lipinski definition) is 4. The zero-order chi connectivity index (χ0) is 18.3. The summed E-state index contributed by atoms with van der Waals surface area (Å²) < 4.78 is 34.2. The van der Waals surface area contributed by atoms with Crippen molar-refractivity contribution in [2.75, 3.05) is 0 Å². The largest absolute Gasteiger partial charge is 1.00 e. The Hall–Kier alpha value is 0.870. The van der Waals surface area contributed by atoms with Gasteiger partial charge in [0.15, 0.2) is 0 Å². The maximum absolute atomic E-state index is 11.4. The van der Waals surface area contributed by atoms with Gasteiger partial charge < -0.3 is 9.66 Å². The Morgan fingerprint density at radius 2 is 1.12 bits per heavy atom. The topological polar surface area (TPSA) is 77.4 Å². The normalized spacial score (nSPS) is 14.1. The molecule has 25 heavy (non-hydrogen) atoms. The van der Waals surface area contributed by atoms with Gasteiger partial charge in [0.05, 0.1) is 16.2 Å². The van der Waals surface area contributed by atoms with Crippen LogP contribution in [0.2, 0.25) is 0 Å². The van der Waals surface area contributed by atoms with Crippen molar-refractivity contribution >= 4 is 10.1 Å². The third-order valence-electron chi connectivity index (χ3n) is 4.74. The van der Waals surface area contributed by atoms with E-state index in [9.17, 15) is 18.1 Å². The first-order valence-electron chi connectivity index (χ1n) is 10.0. The van der Waals surface area contributed by atoms with Crippen LogP contribution in [0.4, 0.5) is 0 Å². The first-order chi connectivity index (χ1) is 11.4. The SMILES string of the molecule is CCCCCCCCC(CCCC(O)CCCCCC)S(=O)(=O)[O-].[Na+]. The van der Waals surface area contributed by atoms with Crippen LogP contribution in [0.25, 0.3) is 0 Å². The monoisotopic (exact) mass is 386 g/mol. The molecule has 0 aromatic heterocycles. The van der Waals surface area contributed by atoms with Gasteiger partial charge in [0.2, 0.25) is 0 Å². The molecule has 6 heteroatoms. The van der Waals surface area contributed by atoms with Crippen molar-refractivity contribution in [3.05, 3.63) is 0 Å². The second kappa shape index (κ2) is 18.2. The van der Waals surface area contributed by atoms with Crippen LogP contribution in [-0.4, -0.2) is 29.4 Å². The van der Waals surface area contributed by atoms with Gasteiger partial charge in [-0.2, -0.15) is 0 Å². The summed E-state index contributed by atoms with van der Waals surface area (Å²) in [6, 6.07) is 0. The molecule has 0 aromatic rings. The predicted octanol–water partition coefficient (Wildman–Crippen LogP) is 2.16. The van der Waals surface area contributed by atoms with Gasteiger partial charge in [-0.3, -0.25) is 0 Å². The first-order valence-corrected chi connectivity index (χ1v) is 11.5. The van der Waals surface area contributed by atoms with E-state index in [1.54, 1.807) is 0 Å². The molecule has 0 saturated heterocycles. The number of unbranched alkanes of at least 4 members (excludes halogenated alkanes) is 8. The van der Waals surface area contributed by atoms with E-state index in [2.05, 4.69) is 13.8 Å². The van der Waals surface area contributed by atoms with Gasteiger partial charge in [-0.25, -0.2) is 8.42 Å². The number of rotatable bonds is 17. The van der Waals surface area contributed by atoms with Crippen molar-refractivity contribution in [2.45, 2.75) is 122 Å². The molecule has 1 N–H and O–H groups in total. The van der Waals surface area contributed by atoms with Gasteiger partial charge in [0.1, 0.15) is 0 Å². The zero-order valence-corrected chi connectivity index (χ0v) is 19.7. The molecule has 0 aromatic carbocycles. The van der Waals surface area contributed by atoms with Crippen molar-refractivity contribution in [2.24, 2.45) is 0 Å². The minimum atomic E-state index is -4.22. The summed E-state index contributed by atoms with van der Waals surface area (Å²) in [5.74, 6) is 0. The molecule has 0 heterocycles. The maximum atomic E-state index is 11.4. The molecular formula is C19H39NaO4S. The van der Waals surface area contributed by atoms with Gasteiger partial charge >= 0.3 is 29.6 Å². The molecule has 0 rings (SSSR count). The molecule has 0 fully saturated rings. The maximum Gasteiger partial charge on any atom is 1.00 e. The fraction of sp³-hybridized carbons (Fsp3) is 1.00. The second-order valence-corrected chi connectivity index (χ2v) is 8.76. The molecular weight excluding hydrogens is 347 g/mol. The van der Waals surface area contributed by atoms with Crippen LogP contribution in [0.15, 0.2) is 0 Å². The summed E-state index contributed by atoms with van der Waals surface area (Å²) >= 11 is 0. The van der Waals surface area contributed by atoms with E-state index in [1.807, 2.05) is 0 Å². The Morgan fingerprint density at radius 3 is 1.68 bits per heavy atom. The quantitative estimate of drug-likeness (QED) is 0.236. The fourth-order valence-electron chi connectivity index (χ4n) is 3.12. The van der Waals surface area contributed by atoms with E-state index < -0.39 is 15.4 Å². The number of hydrogen-bond donors (Lipinski definition) is 1. The standard InChI is InChI=1S/C19H40O4S.Na/c1-3-5-7-9-10-12-16-19(24(21,22)23)17-13-15-18(20)14-11-8-6-4-2;/h18-20H,3-17H2,1-2H3,(H,21,22,23);/q;+1/p-1. The van der Waals surface area contributed by atoms with E-state index in [0.29, 0.717) is 25.7 Å². The minimum Gasteiger partial charge on any atom is -0.748 e. The van der Waals surface area contributed by atoms with E-state index in [0.717, 1.165) is 38.5 Å². The fourth-order valence-corrected chi connectivity index (χ4v) is 4.03. The van der Waals surface area contributed by atoms with Crippen LogP contribution >= 0.6 is 0 Å². The summed E-state index contributed by atoms with van der Waals surface area (Å²) in [5.41, 5.74) is 0. The van der Waals surface area contributed by atoms with Crippen molar-refractivity contribution < 1.29 is 47.6 Å². The Labute approximate surface area is 178 Å². The van der Waals surface area contributed by atoms with Crippen LogP contribution in [0.1, 0.15) is 110 Å².